The lowest BCUT2D eigenvalue weighted by molar-refractivity contribution is -0.122. The van der Waals surface area contributed by atoms with E-state index in [1.165, 1.54) is 0 Å². The summed E-state index contributed by atoms with van der Waals surface area (Å²) in [5, 5.41) is 12.6. The summed E-state index contributed by atoms with van der Waals surface area (Å²) in [6.45, 7) is 5.67. The molecule has 2 unspecified atom stereocenters. The molecule has 0 heterocycles. The molecule has 6 heteroatoms. The Bertz CT molecular complexity index is 270. The number of carbonyl (C=O) groups is 1. The number of rotatable bonds is 10. The van der Waals surface area contributed by atoms with Crippen molar-refractivity contribution in [3.05, 3.63) is 0 Å². The summed E-state index contributed by atoms with van der Waals surface area (Å²) in [4.78, 5) is 11.7. The lowest BCUT2D eigenvalue weighted by Gasteiger charge is -2.14. The molecule has 0 aliphatic heterocycles. The number of guanidine groups is 1. The highest BCUT2D eigenvalue weighted by atomic mass is 16.2. The van der Waals surface area contributed by atoms with Gasteiger partial charge in [-0.25, -0.2) is 0 Å². The van der Waals surface area contributed by atoms with Crippen LogP contribution in [-0.2, 0) is 4.79 Å². The van der Waals surface area contributed by atoms with Gasteiger partial charge in [-0.15, -0.1) is 0 Å². The highest BCUT2D eigenvalue weighted by molar-refractivity contribution is 5.81. The van der Waals surface area contributed by atoms with E-state index in [-0.39, 0.29) is 11.9 Å². The van der Waals surface area contributed by atoms with Crippen molar-refractivity contribution in [3.63, 3.8) is 0 Å². The number of unbranched alkanes of at least 4 members (excludes halogenated alkanes) is 1. The van der Waals surface area contributed by atoms with Crippen LogP contribution in [-0.4, -0.2) is 31.0 Å². The lowest BCUT2D eigenvalue weighted by atomic mass is 10.1. The fourth-order valence-corrected chi connectivity index (χ4v) is 1.62. The Morgan fingerprint density at radius 2 is 1.89 bits per heavy atom. The maximum Gasteiger partial charge on any atom is 0.236 e. The van der Waals surface area contributed by atoms with Gasteiger partial charge < -0.3 is 22.1 Å². The summed E-state index contributed by atoms with van der Waals surface area (Å²) in [7, 11) is 0. The molecule has 0 aromatic rings. The molecule has 0 radical (unpaired) electrons. The van der Waals surface area contributed by atoms with Crippen LogP contribution in [0.4, 0.5) is 0 Å². The molecular formula is C13H29N5O. The predicted molar refractivity (Wildman–Crippen MR) is 78.8 cm³/mol. The van der Waals surface area contributed by atoms with Crippen molar-refractivity contribution in [2.75, 3.05) is 13.1 Å². The lowest BCUT2D eigenvalue weighted by Crippen LogP contribution is -2.41. The van der Waals surface area contributed by atoms with Crippen molar-refractivity contribution in [1.29, 1.82) is 5.41 Å². The Balaban J connectivity index is 3.56. The summed E-state index contributed by atoms with van der Waals surface area (Å²) in [5.74, 6) is 0.545. The second-order valence-corrected chi connectivity index (χ2v) is 5.04. The van der Waals surface area contributed by atoms with Gasteiger partial charge in [0.15, 0.2) is 5.96 Å². The van der Waals surface area contributed by atoms with Crippen molar-refractivity contribution in [2.24, 2.45) is 17.4 Å². The summed E-state index contributed by atoms with van der Waals surface area (Å²) in [5.41, 5.74) is 11.0. The van der Waals surface area contributed by atoms with E-state index in [0.717, 1.165) is 25.7 Å². The third-order valence-electron chi connectivity index (χ3n) is 3.23. The smallest absolute Gasteiger partial charge is 0.236 e. The Hall–Kier alpha value is -1.30. The third kappa shape index (κ3) is 10.3. The first-order valence-corrected chi connectivity index (χ1v) is 7.08. The minimum atomic E-state index is -0.436. The number of hydrogen-bond acceptors (Lipinski definition) is 3. The SMILES string of the molecule is CCC(C)CCNC(=O)C(N)CCCCNC(=N)N. The second kappa shape index (κ2) is 10.6. The van der Waals surface area contributed by atoms with E-state index in [2.05, 4.69) is 24.5 Å². The molecule has 1 amide bonds. The molecule has 19 heavy (non-hydrogen) atoms. The first-order chi connectivity index (χ1) is 8.97. The molecule has 7 N–H and O–H groups in total. The number of nitrogens with two attached hydrogens (primary N) is 2. The van der Waals surface area contributed by atoms with Crippen LogP contribution >= 0.6 is 0 Å². The number of amides is 1. The number of carbonyl (C=O) groups excluding carboxylic acids is 1. The minimum absolute atomic E-state index is 0.0212. The van der Waals surface area contributed by atoms with Gasteiger partial charge in [-0.1, -0.05) is 20.3 Å². The second-order valence-electron chi connectivity index (χ2n) is 5.04. The molecule has 6 nitrogen and oxygen atoms in total. The van der Waals surface area contributed by atoms with Gasteiger partial charge in [0.25, 0.3) is 0 Å². The van der Waals surface area contributed by atoms with Gasteiger partial charge in [-0.2, -0.15) is 0 Å². The van der Waals surface area contributed by atoms with Gasteiger partial charge in [0.1, 0.15) is 0 Å². The van der Waals surface area contributed by atoms with Crippen LogP contribution in [0.3, 0.4) is 0 Å². The van der Waals surface area contributed by atoms with Crippen LogP contribution < -0.4 is 22.1 Å². The molecule has 0 aliphatic rings. The van der Waals surface area contributed by atoms with Gasteiger partial charge in [0.05, 0.1) is 6.04 Å². The van der Waals surface area contributed by atoms with E-state index >= 15 is 0 Å². The molecule has 0 rings (SSSR count). The zero-order valence-electron chi connectivity index (χ0n) is 12.2. The Morgan fingerprint density at radius 1 is 1.21 bits per heavy atom. The first kappa shape index (κ1) is 17.7. The first-order valence-electron chi connectivity index (χ1n) is 7.08. The molecule has 0 aromatic heterocycles. The fourth-order valence-electron chi connectivity index (χ4n) is 1.62. The maximum atomic E-state index is 11.7. The van der Waals surface area contributed by atoms with Crippen molar-refractivity contribution in [1.82, 2.24) is 10.6 Å². The molecule has 0 saturated heterocycles. The van der Waals surface area contributed by atoms with E-state index in [0.29, 0.717) is 25.4 Å². The maximum absolute atomic E-state index is 11.7. The van der Waals surface area contributed by atoms with Gasteiger partial charge in [0, 0.05) is 13.1 Å². The van der Waals surface area contributed by atoms with Crippen LogP contribution in [0.1, 0.15) is 46.0 Å². The largest absolute Gasteiger partial charge is 0.370 e. The van der Waals surface area contributed by atoms with Crippen LogP contribution in [0, 0.1) is 11.3 Å². The zero-order chi connectivity index (χ0) is 14.7. The van der Waals surface area contributed by atoms with Crippen LogP contribution in [0.2, 0.25) is 0 Å². The fraction of sp³-hybridized carbons (Fsp3) is 0.846. The molecule has 0 spiro atoms. The Kier molecular flexibility index (Phi) is 9.88. The predicted octanol–water partition coefficient (Wildman–Crippen LogP) is 0.519. The molecule has 0 aromatic carbocycles. The van der Waals surface area contributed by atoms with E-state index in [1.807, 2.05) is 0 Å². The quantitative estimate of drug-likeness (QED) is 0.226. The van der Waals surface area contributed by atoms with Gasteiger partial charge >= 0.3 is 0 Å². The van der Waals surface area contributed by atoms with Crippen molar-refractivity contribution >= 4 is 11.9 Å². The highest BCUT2D eigenvalue weighted by Crippen LogP contribution is 2.04. The van der Waals surface area contributed by atoms with Gasteiger partial charge in [0.2, 0.25) is 5.91 Å². The molecule has 0 bridgehead atoms. The van der Waals surface area contributed by atoms with E-state index in [1.54, 1.807) is 0 Å². The molecular weight excluding hydrogens is 242 g/mol. The molecule has 0 saturated carbocycles. The highest BCUT2D eigenvalue weighted by Gasteiger charge is 2.12. The summed E-state index contributed by atoms with van der Waals surface area (Å²) in [6.07, 6.45) is 4.49. The Morgan fingerprint density at radius 3 is 2.47 bits per heavy atom. The van der Waals surface area contributed by atoms with Crippen LogP contribution in [0.15, 0.2) is 0 Å². The van der Waals surface area contributed by atoms with Gasteiger partial charge in [-0.05, 0) is 31.6 Å². The normalized spacial score (nSPS) is 13.6. The minimum Gasteiger partial charge on any atom is -0.370 e. The number of hydrogen-bond donors (Lipinski definition) is 5. The van der Waals surface area contributed by atoms with Crippen LogP contribution in [0.5, 0.6) is 0 Å². The number of nitrogens with one attached hydrogen (secondary N) is 3. The molecule has 112 valence electrons. The van der Waals surface area contributed by atoms with E-state index in [9.17, 15) is 4.79 Å². The van der Waals surface area contributed by atoms with Crippen molar-refractivity contribution in [2.45, 2.75) is 52.0 Å². The van der Waals surface area contributed by atoms with Gasteiger partial charge in [-0.3, -0.25) is 10.2 Å². The average Bonchev–Trinajstić information content (AvgIpc) is 2.37. The molecule has 2 atom stereocenters. The molecule has 0 aliphatic carbocycles. The summed E-state index contributed by atoms with van der Waals surface area (Å²) in [6, 6.07) is -0.436. The zero-order valence-corrected chi connectivity index (χ0v) is 12.2. The van der Waals surface area contributed by atoms with Crippen molar-refractivity contribution in [3.8, 4) is 0 Å². The summed E-state index contributed by atoms with van der Waals surface area (Å²) >= 11 is 0. The van der Waals surface area contributed by atoms with E-state index in [4.69, 9.17) is 16.9 Å². The monoisotopic (exact) mass is 271 g/mol. The van der Waals surface area contributed by atoms with E-state index < -0.39 is 6.04 Å². The van der Waals surface area contributed by atoms with Crippen molar-refractivity contribution < 1.29 is 4.79 Å². The van der Waals surface area contributed by atoms with Crippen LogP contribution in [0.25, 0.3) is 0 Å². The topological polar surface area (TPSA) is 117 Å². The average molecular weight is 271 g/mol. The molecule has 0 fully saturated rings. The third-order valence-corrected chi connectivity index (χ3v) is 3.23. The summed E-state index contributed by atoms with van der Waals surface area (Å²) < 4.78 is 0. The Labute approximate surface area is 116 Å². The standard InChI is InChI=1S/C13H29N5O/c1-3-10(2)7-9-17-12(19)11(14)6-4-5-8-18-13(15)16/h10-11H,3-9,14H2,1-2H3,(H,17,19)(H4,15,16,18).